The summed E-state index contributed by atoms with van der Waals surface area (Å²) in [6.45, 7) is 9.68. The van der Waals surface area contributed by atoms with Gasteiger partial charge in [-0.2, -0.15) is 5.26 Å². The summed E-state index contributed by atoms with van der Waals surface area (Å²) >= 11 is 0. The number of amides is 1. The van der Waals surface area contributed by atoms with Gasteiger partial charge >= 0.3 is 0 Å². The van der Waals surface area contributed by atoms with Crippen LogP contribution in [0.15, 0.2) is 23.8 Å². The Hall–Kier alpha value is -2.74. The maximum atomic E-state index is 12.8. The van der Waals surface area contributed by atoms with Crippen molar-refractivity contribution in [2.45, 2.75) is 77.8 Å². The smallest absolute Gasteiger partial charge is 0.262 e. The number of methoxy groups -OCH3 is 1. The summed E-state index contributed by atoms with van der Waals surface area (Å²) < 4.78 is 5.68. The van der Waals surface area contributed by atoms with Crippen LogP contribution >= 0.6 is 0 Å². The monoisotopic (exact) mass is 421 g/mol. The number of carbonyl (C=O) groups is 1. The molecule has 3 rings (SSSR count). The molecule has 0 aromatic heterocycles. The van der Waals surface area contributed by atoms with Crippen molar-refractivity contribution in [1.82, 2.24) is 5.32 Å². The molecule has 1 heterocycles. The van der Waals surface area contributed by atoms with Gasteiger partial charge < -0.3 is 15.0 Å². The lowest BCUT2D eigenvalue weighted by Crippen LogP contribution is -2.45. The van der Waals surface area contributed by atoms with E-state index in [9.17, 15) is 10.1 Å². The highest BCUT2D eigenvalue weighted by molar-refractivity contribution is 6.02. The molecular formula is C26H35N3O2. The van der Waals surface area contributed by atoms with Crippen molar-refractivity contribution >= 4 is 23.2 Å². The van der Waals surface area contributed by atoms with E-state index in [0.717, 1.165) is 55.5 Å². The van der Waals surface area contributed by atoms with Crippen molar-refractivity contribution in [1.29, 1.82) is 5.26 Å². The van der Waals surface area contributed by atoms with E-state index >= 15 is 0 Å². The van der Waals surface area contributed by atoms with E-state index in [-0.39, 0.29) is 23.1 Å². The van der Waals surface area contributed by atoms with E-state index < -0.39 is 0 Å². The highest BCUT2D eigenvalue weighted by Crippen LogP contribution is 2.42. The third-order valence-electron chi connectivity index (χ3n) is 6.38. The molecule has 0 spiro atoms. The van der Waals surface area contributed by atoms with Gasteiger partial charge in [0, 0.05) is 35.5 Å². The zero-order chi connectivity index (χ0) is 22.6. The molecule has 1 aromatic carbocycles. The molecule has 1 aliphatic heterocycles. The molecule has 0 bridgehead atoms. The molecule has 0 saturated heterocycles. The van der Waals surface area contributed by atoms with Gasteiger partial charge in [0.1, 0.15) is 17.4 Å². The van der Waals surface area contributed by atoms with Crippen LogP contribution in [0.1, 0.15) is 77.3 Å². The van der Waals surface area contributed by atoms with E-state index in [2.05, 4.69) is 50.1 Å². The fourth-order valence-corrected chi connectivity index (χ4v) is 4.86. The number of nitriles is 1. The number of hydrogen-bond donors (Lipinski definition) is 1. The molecule has 0 unspecified atom stereocenters. The highest BCUT2D eigenvalue weighted by Gasteiger charge is 2.31. The number of nitrogens with zero attached hydrogens (tertiary/aromatic N) is 2. The number of nitrogens with one attached hydrogen (secondary N) is 1. The molecule has 1 aliphatic carbocycles. The average Bonchev–Trinajstić information content (AvgIpc) is 2.74. The van der Waals surface area contributed by atoms with E-state index in [4.69, 9.17) is 4.74 Å². The summed E-state index contributed by atoms with van der Waals surface area (Å²) in [5, 5.41) is 12.7. The first kappa shape index (κ1) is 22.9. The van der Waals surface area contributed by atoms with Crippen LogP contribution in [0.3, 0.4) is 0 Å². The Balaban J connectivity index is 1.98. The van der Waals surface area contributed by atoms with Gasteiger partial charge in [0.25, 0.3) is 5.91 Å². The van der Waals surface area contributed by atoms with Gasteiger partial charge in [-0.05, 0) is 57.7 Å². The van der Waals surface area contributed by atoms with Crippen molar-refractivity contribution in [2.24, 2.45) is 0 Å². The summed E-state index contributed by atoms with van der Waals surface area (Å²) in [7, 11) is 1.63. The lowest BCUT2D eigenvalue weighted by atomic mass is 9.87. The van der Waals surface area contributed by atoms with Gasteiger partial charge in [-0.1, -0.05) is 32.3 Å². The summed E-state index contributed by atoms with van der Waals surface area (Å²) in [5.74, 6) is 0.374. The van der Waals surface area contributed by atoms with Crippen LogP contribution < -0.4 is 15.0 Å². The van der Waals surface area contributed by atoms with Crippen molar-refractivity contribution in [2.75, 3.05) is 18.6 Å². The number of benzene rings is 1. The summed E-state index contributed by atoms with van der Waals surface area (Å²) in [6.07, 6.45) is 10.4. The fraction of sp³-hybridized carbons (Fsp3) is 0.538. The predicted molar refractivity (Wildman–Crippen MR) is 127 cm³/mol. The molecule has 31 heavy (non-hydrogen) atoms. The third-order valence-corrected chi connectivity index (χ3v) is 6.38. The largest absolute Gasteiger partial charge is 0.496 e. The normalized spacial score (nSPS) is 18.6. The lowest BCUT2D eigenvalue weighted by molar-refractivity contribution is -0.117. The molecule has 1 saturated carbocycles. The summed E-state index contributed by atoms with van der Waals surface area (Å²) in [6, 6.07) is 6.35. The summed E-state index contributed by atoms with van der Waals surface area (Å²) in [4.78, 5) is 15.2. The third kappa shape index (κ3) is 4.95. The van der Waals surface area contributed by atoms with Crippen molar-refractivity contribution in [3.05, 3.63) is 34.9 Å². The minimum absolute atomic E-state index is 0.0901. The molecule has 1 amide bonds. The first-order chi connectivity index (χ1) is 14.8. The number of hydrogen-bond acceptors (Lipinski definition) is 4. The number of anilines is 1. The zero-order valence-corrected chi connectivity index (χ0v) is 19.5. The van der Waals surface area contributed by atoms with Gasteiger partial charge in [0.2, 0.25) is 0 Å². The molecule has 1 fully saturated rings. The second kappa shape index (κ2) is 9.60. The maximum Gasteiger partial charge on any atom is 0.262 e. The topological polar surface area (TPSA) is 65.4 Å². The molecule has 5 nitrogen and oxygen atoms in total. The second-order valence-corrected chi connectivity index (χ2v) is 9.22. The van der Waals surface area contributed by atoms with Crippen LogP contribution in [0, 0.1) is 11.3 Å². The van der Waals surface area contributed by atoms with E-state index in [1.807, 2.05) is 12.1 Å². The minimum Gasteiger partial charge on any atom is -0.496 e. The Kier molecular flexibility index (Phi) is 7.10. The van der Waals surface area contributed by atoms with Crippen LogP contribution in [0.5, 0.6) is 5.75 Å². The van der Waals surface area contributed by atoms with Crippen molar-refractivity contribution in [3.8, 4) is 11.8 Å². The number of carbonyl (C=O) groups excluding carboxylic acids is 1. The van der Waals surface area contributed by atoms with Gasteiger partial charge in [-0.3, -0.25) is 4.79 Å². The molecular weight excluding hydrogens is 386 g/mol. The van der Waals surface area contributed by atoms with Crippen LogP contribution in [-0.4, -0.2) is 31.1 Å². The quantitative estimate of drug-likeness (QED) is 0.489. The van der Waals surface area contributed by atoms with Crippen molar-refractivity contribution in [3.63, 3.8) is 0 Å². The zero-order valence-electron chi connectivity index (χ0n) is 19.5. The SMILES string of the molecule is CCCN1c2cc(OC)c(/C=C(\C#N)C(=O)NC3CCCCC3)cc2C(C)=CC1(C)C. The molecule has 1 aromatic rings. The van der Waals surface area contributed by atoms with Crippen LogP contribution in [0.25, 0.3) is 11.6 Å². The Morgan fingerprint density at radius 2 is 2.03 bits per heavy atom. The maximum absolute atomic E-state index is 12.8. The molecule has 0 atom stereocenters. The molecule has 0 radical (unpaired) electrons. The van der Waals surface area contributed by atoms with Crippen LogP contribution in [0.4, 0.5) is 5.69 Å². The van der Waals surface area contributed by atoms with E-state index in [1.165, 1.54) is 12.0 Å². The standard InChI is InChI=1S/C26H35N3O2/c1-6-12-29-23-15-24(31-5)19(14-22(23)18(2)16-26(29,3)4)13-20(17-27)25(30)28-21-10-8-7-9-11-21/h13-16,21H,6-12H2,1-5H3,(H,28,30)/b20-13+. The lowest BCUT2D eigenvalue weighted by Gasteiger charge is -2.43. The number of rotatable bonds is 6. The average molecular weight is 422 g/mol. The Bertz CT molecular complexity index is 931. The minimum atomic E-state index is -0.296. The number of allylic oxidation sites excluding steroid dienone is 1. The molecule has 166 valence electrons. The molecule has 5 heteroatoms. The first-order valence-electron chi connectivity index (χ1n) is 11.4. The van der Waals surface area contributed by atoms with Crippen LogP contribution in [-0.2, 0) is 4.79 Å². The van der Waals surface area contributed by atoms with Gasteiger partial charge in [0.05, 0.1) is 12.6 Å². The highest BCUT2D eigenvalue weighted by atomic mass is 16.5. The Morgan fingerprint density at radius 1 is 1.32 bits per heavy atom. The number of ether oxygens (including phenoxy) is 1. The first-order valence-corrected chi connectivity index (χ1v) is 11.4. The van der Waals surface area contributed by atoms with Crippen LogP contribution in [0.2, 0.25) is 0 Å². The van der Waals surface area contributed by atoms with Crippen molar-refractivity contribution < 1.29 is 9.53 Å². The van der Waals surface area contributed by atoms with E-state index in [1.54, 1.807) is 13.2 Å². The van der Waals surface area contributed by atoms with E-state index in [0.29, 0.717) is 5.75 Å². The summed E-state index contributed by atoms with van der Waals surface area (Å²) in [5.41, 5.74) is 4.21. The molecule has 2 aliphatic rings. The van der Waals surface area contributed by atoms with Gasteiger partial charge in [-0.15, -0.1) is 0 Å². The second-order valence-electron chi connectivity index (χ2n) is 9.22. The predicted octanol–water partition coefficient (Wildman–Crippen LogP) is 5.46. The Labute approximate surface area is 186 Å². The van der Waals surface area contributed by atoms with Gasteiger partial charge in [0.15, 0.2) is 0 Å². The molecule has 1 N–H and O–H groups in total. The Morgan fingerprint density at radius 3 is 2.65 bits per heavy atom. The van der Waals surface area contributed by atoms with Gasteiger partial charge in [-0.25, -0.2) is 0 Å². The number of fused-ring (bicyclic) bond motifs is 1. The fourth-order valence-electron chi connectivity index (χ4n) is 4.86.